The number of benzene rings is 1. The zero-order chi connectivity index (χ0) is 14.8. The van der Waals surface area contributed by atoms with Crippen molar-refractivity contribution in [2.45, 2.75) is 52.1 Å². The molecule has 1 heterocycles. The summed E-state index contributed by atoms with van der Waals surface area (Å²) >= 11 is 0. The second-order valence-corrected chi connectivity index (χ2v) is 6.46. The quantitative estimate of drug-likeness (QED) is 0.906. The summed E-state index contributed by atoms with van der Waals surface area (Å²) < 4.78 is 0. The van der Waals surface area contributed by atoms with Crippen LogP contribution < -0.4 is 10.9 Å². The topological polar surface area (TPSA) is 44.9 Å². The lowest BCUT2D eigenvalue weighted by atomic mass is 9.86. The van der Waals surface area contributed by atoms with Crippen LogP contribution in [-0.2, 0) is 6.54 Å². The Kier molecular flexibility index (Phi) is 4.11. The molecule has 1 saturated carbocycles. The first kappa shape index (κ1) is 14.3. The van der Waals surface area contributed by atoms with Gasteiger partial charge in [-0.3, -0.25) is 4.79 Å². The molecule has 3 rings (SSSR count). The highest BCUT2D eigenvalue weighted by Crippen LogP contribution is 2.24. The fraction of sp³-hybridized carbons (Fsp3) is 0.500. The van der Waals surface area contributed by atoms with Gasteiger partial charge in [-0.2, -0.15) is 0 Å². The second kappa shape index (κ2) is 6.02. The van der Waals surface area contributed by atoms with E-state index in [1.54, 1.807) is 0 Å². The van der Waals surface area contributed by atoms with Crippen molar-refractivity contribution in [3.8, 4) is 0 Å². The third kappa shape index (κ3) is 3.18. The number of aryl methyl sites for hydroxylation is 1. The molecule has 2 unspecified atom stereocenters. The summed E-state index contributed by atoms with van der Waals surface area (Å²) in [5.74, 6) is 0.709. The highest BCUT2D eigenvalue weighted by molar-refractivity contribution is 5.79. The Morgan fingerprint density at radius 1 is 1.24 bits per heavy atom. The first-order chi connectivity index (χ1) is 10.1. The zero-order valence-electron chi connectivity index (χ0n) is 12.9. The van der Waals surface area contributed by atoms with Crippen molar-refractivity contribution in [2.24, 2.45) is 5.92 Å². The van der Waals surface area contributed by atoms with Crippen molar-refractivity contribution < 1.29 is 0 Å². The van der Waals surface area contributed by atoms with E-state index in [2.05, 4.69) is 29.4 Å². The van der Waals surface area contributed by atoms with Gasteiger partial charge in [0.1, 0.15) is 0 Å². The Bertz CT molecular complexity index is 689. The highest BCUT2D eigenvalue weighted by atomic mass is 16.1. The van der Waals surface area contributed by atoms with Gasteiger partial charge in [0.2, 0.25) is 0 Å². The van der Waals surface area contributed by atoms with Crippen LogP contribution in [0.15, 0.2) is 29.1 Å². The zero-order valence-corrected chi connectivity index (χ0v) is 12.9. The Balaban J connectivity index is 1.79. The molecule has 0 spiro atoms. The molecule has 0 saturated heterocycles. The van der Waals surface area contributed by atoms with Crippen LogP contribution in [0, 0.1) is 12.8 Å². The number of pyridine rings is 1. The number of aromatic amines is 1. The molecule has 3 heteroatoms. The number of nitrogens with one attached hydrogen (secondary N) is 2. The number of aromatic nitrogens is 1. The molecule has 0 bridgehead atoms. The molecule has 0 aliphatic heterocycles. The van der Waals surface area contributed by atoms with Crippen LogP contribution >= 0.6 is 0 Å². The number of hydrogen-bond acceptors (Lipinski definition) is 2. The fourth-order valence-corrected chi connectivity index (χ4v) is 3.35. The molecule has 3 nitrogen and oxygen atoms in total. The molecule has 1 aromatic heterocycles. The molecule has 1 fully saturated rings. The monoisotopic (exact) mass is 284 g/mol. The first-order valence-electron chi connectivity index (χ1n) is 7.99. The molecule has 0 amide bonds. The third-order valence-electron chi connectivity index (χ3n) is 4.74. The maximum atomic E-state index is 12.2. The number of H-pyrrole nitrogens is 1. The summed E-state index contributed by atoms with van der Waals surface area (Å²) in [6, 6.07) is 8.76. The molecule has 0 radical (unpaired) electrons. The maximum Gasteiger partial charge on any atom is 0.252 e. The van der Waals surface area contributed by atoms with Gasteiger partial charge in [-0.1, -0.05) is 31.9 Å². The Hall–Kier alpha value is -1.61. The lowest BCUT2D eigenvalue weighted by Crippen LogP contribution is -2.37. The maximum absolute atomic E-state index is 12.2. The lowest BCUT2D eigenvalue weighted by Gasteiger charge is -2.29. The molecule has 1 aliphatic rings. The second-order valence-electron chi connectivity index (χ2n) is 6.46. The van der Waals surface area contributed by atoms with Crippen molar-refractivity contribution in [1.82, 2.24) is 10.3 Å². The number of rotatable bonds is 3. The summed E-state index contributed by atoms with van der Waals surface area (Å²) in [7, 11) is 0. The molecule has 21 heavy (non-hydrogen) atoms. The van der Waals surface area contributed by atoms with Crippen LogP contribution in [0.5, 0.6) is 0 Å². The van der Waals surface area contributed by atoms with E-state index in [9.17, 15) is 4.79 Å². The van der Waals surface area contributed by atoms with Gasteiger partial charge in [0.05, 0.1) is 0 Å². The lowest BCUT2D eigenvalue weighted by molar-refractivity contribution is 0.279. The van der Waals surface area contributed by atoms with Crippen LogP contribution in [0.4, 0.5) is 0 Å². The van der Waals surface area contributed by atoms with Crippen LogP contribution in [0.25, 0.3) is 10.9 Å². The molecule has 2 atom stereocenters. The first-order valence-corrected chi connectivity index (χ1v) is 7.99. The van der Waals surface area contributed by atoms with Crippen LogP contribution in [-0.4, -0.2) is 11.0 Å². The summed E-state index contributed by atoms with van der Waals surface area (Å²) in [6.45, 7) is 5.01. The fourth-order valence-electron chi connectivity index (χ4n) is 3.35. The minimum absolute atomic E-state index is 0.0315. The smallest absolute Gasteiger partial charge is 0.252 e. The minimum atomic E-state index is 0.0315. The summed E-state index contributed by atoms with van der Waals surface area (Å²) in [5, 5.41) is 4.69. The number of fused-ring (bicyclic) bond motifs is 1. The highest BCUT2D eigenvalue weighted by Gasteiger charge is 2.20. The van der Waals surface area contributed by atoms with Crippen LogP contribution in [0.1, 0.15) is 43.7 Å². The van der Waals surface area contributed by atoms with Crippen molar-refractivity contribution in [3.05, 3.63) is 45.7 Å². The van der Waals surface area contributed by atoms with Crippen LogP contribution in [0.3, 0.4) is 0 Å². The van der Waals surface area contributed by atoms with Gasteiger partial charge in [-0.15, -0.1) is 0 Å². The molecule has 112 valence electrons. The summed E-state index contributed by atoms with van der Waals surface area (Å²) in [6.07, 6.45) is 5.17. The standard InChI is InChI=1S/C18H24N2O/c1-12-7-8-14-10-15(18(21)20-17(14)9-12)11-19-16-6-4-3-5-13(16)2/h7-10,13,16,19H,3-6,11H2,1-2H3,(H,20,21). The van der Waals surface area contributed by atoms with E-state index >= 15 is 0 Å². The van der Waals surface area contributed by atoms with E-state index in [1.807, 2.05) is 19.1 Å². The Labute approximate surface area is 125 Å². The Morgan fingerprint density at radius 2 is 2.05 bits per heavy atom. The summed E-state index contributed by atoms with van der Waals surface area (Å²) in [4.78, 5) is 15.2. The van der Waals surface area contributed by atoms with Gasteiger partial charge in [0.25, 0.3) is 5.56 Å². The van der Waals surface area contributed by atoms with E-state index < -0.39 is 0 Å². The van der Waals surface area contributed by atoms with E-state index in [0.29, 0.717) is 18.5 Å². The minimum Gasteiger partial charge on any atom is -0.322 e. The van der Waals surface area contributed by atoms with Gasteiger partial charge in [0, 0.05) is 23.7 Å². The molecule has 2 aromatic rings. The van der Waals surface area contributed by atoms with E-state index in [4.69, 9.17) is 0 Å². The molecular weight excluding hydrogens is 260 g/mol. The van der Waals surface area contributed by atoms with Crippen molar-refractivity contribution >= 4 is 10.9 Å². The van der Waals surface area contributed by atoms with Gasteiger partial charge in [-0.05, 0) is 48.8 Å². The van der Waals surface area contributed by atoms with E-state index in [1.165, 1.54) is 31.2 Å². The molecule has 2 N–H and O–H groups in total. The van der Waals surface area contributed by atoms with E-state index in [-0.39, 0.29) is 5.56 Å². The van der Waals surface area contributed by atoms with Gasteiger partial charge in [0.15, 0.2) is 0 Å². The van der Waals surface area contributed by atoms with Gasteiger partial charge < -0.3 is 10.3 Å². The van der Waals surface area contributed by atoms with Gasteiger partial charge in [-0.25, -0.2) is 0 Å². The molecule has 1 aliphatic carbocycles. The van der Waals surface area contributed by atoms with E-state index in [0.717, 1.165) is 16.5 Å². The van der Waals surface area contributed by atoms with Crippen LogP contribution in [0.2, 0.25) is 0 Å². The predicted octanol–water partition coefficient (Wildman–Crippen LogP) is 3.50. The average molecular weight is 284 g/mol. The summed E-state index contributed by atoms with van der Waals surface area (Å²) in [5.41, 5.74) is 2.96. The number of hydrogen-bond donors (Lipinski definition) is 2. The SMILES string of the molecule is Cc1ccc2cc(CNC3CCCCC3C)c(=O)[nH]c2c1. The molecular formula is C18H24N2O. The average Bonchev–Trinajstić information content (AvgIpc) is 2.46. The van der Waals surface area contributed by atoms with Crippen molar-refractivity contribution in [2.75, 3.05) is 0 Å². The van der Waals surface area contributed by atoms with Crippen molar-refractivity contribution in [1.29, 1.82) is 0 Å². The van der Waals surface area contributed by atoms with Crippen molar-refractivity contribution in [3.63, 3.8) is 0 Å². The predicted molar refractivity (Wildman–Crippen MR) is 87.6 cm³/mol. The normalized spacial score (nSPS) is 22.6. The largest absolute Gasteiger partial charge is 0.322 e. The third-order valence-corrected chi connectivity index (χ3v) is 4.74. The molecule has 1 aromatic carbocycles. The van der Waals surface area contributed by atoms with Gasteiger partial charge >= 0.3 is 0 Å². The Morgan fingerprint density at radius 3 is 2.86 bits per heavy atom.